The van der Waals surface area contributed by atoms with Gasteiger partial charge in [-0.25, -0.2) is 9.78 Å². The molecule has 0 bridgehead atoms. The summed E-state index contributed by atoms with van der Waals surface area (Å²) in [5.74, 6) is 0.888. The second-order valence-electron chi connectivity index (χ2n) is 6.32. The minimum atomic E-state index is -0.415. The van der Waals surface area contributed by atoms with Crippen molar-refractivity contribution < 1.29 is 14.3 Å². The zero-order valence-corrected chi connectivity index (χ0v) is 15.1. The van der Waals surface area contributed by atoms with E-state index in [1.807, 2.05) is 17.0 Å². The molecule has 1 aromatic rings. The zero-order chi connectivity index (χ0) is 17.8. The van der Waals surface area contributed by atoms with Gasteiger partial charge in [-0.3, -0.25) is 9.69 Å². The Labute approximate surface area is 152 Å². The van der Waals surface area contributed by atoms with E-state index in [2.05, 4.69) is 9.88 Å². The van der Waals surface area contributed by atoms with Crippen LogP contribution in [-0.4, -0.2) is 72.7 Å². The Morgan fingerprint density at radius 2 is 1.92 bits per heavy atom. The lowest BCUT2D eigenvalue weighted by molar-refractivity contribution is -0.137. The van der Waals surface area contributed by atoms with Crippen molar-refractivity contribution in [3.05, 3.63) is 23.4 Å². The number of carbonyl (C=O) groups is 2. The largest absolute Gasteiger partial charge is 0.453 e. The summed E-state index contributed by atoms with van der Waals surface area (Å²) in [6, 6.07) is 3.30. The molecule has 0 saturated carbocycles. The molecule has 1 unspecified atom stereocenters. The summed E-state index contributed by atoms with van der Waals surface area (Å²) in [6.07, 6.45) is 3.78. The van der Waals surface area contributed by atoms with Gasteiger partial charge in [-0.2, -0.15) is 0 Å². The van der Waals surface area contributed by atoms with Crippen molar-refractivity contribution in [2.24, 2.45) is 0 Å². The van der Waals surface area contributed by atoms with Gasteiger partial charge in [0.2, 0.25) is 5.91 Å². The molecule has 0 aliphatic carbocycles. The Morgan fingerprint density at radius 1 is 1.16 bits per heavy atom. The van der Waals surface area contributed by atoms with Crippen molar-refractivity contribution in [1.82, 2.24) is 14.8 Å². The summed E-state index contributed by atoms with van der Waals surface area (Å²) in [7, 11) is 1.36. The van der Waals surface area contributed by atoms with E-state index in [1.165, 1.54) is 7.11 Å². The van der Waals surface area contributed by atoms with E-state index < -0.39 is 12.1 Å². The van der Waals surface area contributed by atoms with Crippen molar-refractivity contribution in [1.29, 1.82) is 0 Å². The van der Waals surface area contributed by atoms with Crippen LogP contribution in [0.4, 0.5) is 10.6 Å². The standard InChI is InChI=1S/C17H23ClN4O3/c1-25-17(24)22-7-3-2-4-14(22)16(23)21-10-8-20(9-11-21)15-6-5-13(18)12-19-15/h5-6,12,14H,2-4,7-11H2,1H3. The summed E-state index contributed by atoms with van der Waals surface area (Å²) in [6.45, 7) is 3.25. The average molecular weight is 367 g/mol. The average Bonchev–Trinajstić information content (AvgIpc) is 2.67. The molecule has 2 amide bonds. The van der Waals surface area contributed by atoms with Gasteiger partial charge in [0.15, 0.2) is 0 Å². The summed E-state index contributed by atoms with van der Waals surface area (Å²) < 4.78 is 4.83. The molecule has 7 nitrogen and oxygen atoms in total. The van der Waals surface area contributed by atoms with Crippen LogP contribution in [0.15, 0.2) is 18.3 Å². The van der Waals surface area contributed by atoms with E-state index in [1.54, 1.807) is 11.1 Å². The lowest BCUT2D eigenvalue weighted by Crippen LogP contribution is -2.57. The Hall–Kier alpha value is -2.02. The molecule has 3 heterocycles. The second-order valence-corrected chi connectivity index (χ2v) is 6.76. The third-order valence-corrected chi connectivity index (χ3v) is 5.05. The molecular formula is C17H23ClN4O3. The fraction of sp³-hybridized carbons (Fsp3) is 0.588. The summed E-state index contributed by atoms with van der Waals surface area (Å²) in [4.78, 5) is 34.7. The smallest absolute Gasteiger partial charge is 0.410 e. The number of anilines is 1. The number of likely N-dealkylation sites (tertiary alicyclic amines) is 1. The molecule has 0 N–H and O–H groups in total. The fourth-order valence-corrected chi connectivity index (χ4v) is 3.56. The normalized spacial score (nSPS) is 21.2. The molecule has 2 saturated heterocycles. The van der Waals surface area contributed by atoms with E-state index in [9.17, 15) is 9.59 Å². The van der Waals surface area contributed by atoms with Crippen molar-refractivity contribution >= 4 is 29.4 Å². The summed E-state index contributed by atoms with van der Waals surface area (Å²) in [5.41, 5.74) is 0. The molecule has 2 aliphatic heterocycles. The van der Waals surface area contributed by atoms with Gasteiger partial charge in [-0.15, -0.1) is 0 Å². The van der Waals surface area contributed by atoms with Gasteiger partial charge >= 0.3 is 6.09 Å². The number of aromatic nitrogens is 1. The van der Waals surface area contributed by atoms with E-state index in [4.69, 9.17) is 16.3 Å². The third kappa shape index (κ3) is 3.98. The Morgan fingerprint density at radius 3 is 2.56 bits per heavy atom. The molecule has 0 spiro atoms. The van der Waals surface area contributed by atoms with Gasteiger partial charge in [0.25, 0.3) is 0 Å². The van der Waals surface area contributed by atoms with Crippen LogP contribution in [0.2, 0.25) is 5.02 Å². The number of piperidine rings is 1. The Balaban J connectivity index is 1.60. The maximum absolute atomic E-state index is 12.9. The summed E-state index contributed by atoms with van der Waals surface area (Å²) in [5, 5.41) is 0.609. The van der Waals surface area contributed by atoms with Crippen LogP contribution in [0.1, 0.15) is 19.3 Å². The Bertz CT molecular complexity index is 617. The first-order valence-electron chi connectivity index (χ1n) is 8.60. The SMILES string of the molecule is COC(=O)N1CCCCC1C(=O)N1CCN(c2ccc(Cl)cn2)CC1. The Kier molecular flexibility index (Phi) is 5.63. The van der Waals surface area contributed by atoms with Crippen LogP contribution in [0, 0.1) is 0 Å². The zero-order valence-electron chi connectivity index (χ0n) is 14.4. The number of nitrogens with zero attached hydrogens (tertiary/aromatic N) is 4. The second kappa shape index (κ2) is 7.91. The van der Waals surface area contributed by atoms with E-state index in [0.29, 0.717) is 44.2 Å². The molecule has 1 atom stereocenters. The van der Waals surface area contributed by atoms with E-state index in [-0.39, 0.29) is 5.91 Å². The summed E-state index contributed by atoms with van der Waals surface area (Å²) >= 11 is 5.88. The number of piperazine rings is 1. The topological polar surface area (TPSA) is 66.0 Å². The number of methoxy groups -OCH3 is 1. The highest BCUT2D eigenvalue weighted by atomic mass is 35.5. The highest BCUT2D eigenvalue weighted by molar-refractivity contribution is 6.30. The van der Waals surface area contributed by atoms with Crippen LogP contribution in [0.5, 0.6) is 0 Å². The first-order chi connectivity index (χ1) is 12.1. The molecule has 0 aromatic carbocycles. The van der Waals surface area contributed by atoms with Gasteiger partial charge < -0.3 is 14.5 Å². The number of rotatable bonds is 2. The van der Waals surface area contributed by atoms with Gasteiger partial charge in [-0.1, -0.05) is 11.6 Å². The van der Waals surface area contributed by atoms with Crippen molar-refractivity contribution in [3.63, 3.8) is 0 Å². The molecule has 2 fully saturated rings. The lowest BCUT2D eigenvalue weighted by Gasteiger charge is -2.40. The molecule has 8 heteroatoms. The monoisotopic (exact) mass is 366 g/mol. The molecule has 1 aromatic heterocycles. The van der Waals surface area contributed by atoms with Crippen molar-refractivity contribution in [3.8, 4) is 0 Å². The fourth-order valence-electron chi connectivity index (χ4n) is 3.45. The molecule has 3 rings (SSSR count). The third-order valence-electron chi connectivity index (χ3n) is 4.82. The van der Waals surface area contributed by atoms with Gasteiger partial charge in [0.05, 0.1) is 12.1 Å². The van der Waals surface area contributed by atoms with Crippen molar-refractivity contribution in [2.75, 3.05) is 44.7 Å². The predicted molar refractivity (Wildman–Crippen MR) is 94.8 cm³/mol. The van der Waals surface area contributed by atoms with Crippen LogP contribution in [0.3, 0.4) is 0 Å². The lowest BCUT2D eigenvalue weighted by atomic mass is 10.0. The highest BCUT2D eigenvalue weighted by Gasteiger charge is 2.36. The first kappa shape index (κ1) is 17.8. The molecule has 25 heavy (non-hydrogen) atoms. The minimum Gasteiger partial charge on any atom is -0.453 e. The van der Waals surface area contributed by atoms with Gasteiger partial charge in [-0.05, 0) is 31.4 Å². The number of halogens is 1. The number of carbonyl (C=O) groups excluding carboxylic acids is 2. The predicted octanol–water partition coefficient (Wildman–Crippen LogP) is 2.00. The van der Waals surface area contributed by atoms with Crippen LogP contribution in [0.25, 0.3) is 0 Å². The quantitative estimate of drug-likeness (QED) is 0.801. The maximum Gasteiger partial charge on any atom is 0.410 e. The van der Waals surface area contributed by atoms with E-state index in [0.717, 1.165) is 18.7 Å². The molecule has 0 radical (unpaired) electrons. The number of hydrogen-bond acceptors (Lipinski definition) is 5. The van der Waals surface area contributed by atoms with Crippen LogP contribution in [-0.2, 0) is 9.53 Å². The van der Waals surface area contributed by atoms with E-state index >= 15 is 0 Å². The number of hydrogen-bond donors (Lipinski definition) is 0. The number of amides is 2. The highest BCUT2D eigenvalue weighted by Crippen LogP contribution is 2.22. The minimum absolute atomic E-state index is 0.0221. The van der Waals surface area contributed by atoms with Crippen molar-refractivity contribution in [2.45, 2.75) is 25.3 Å². The maximum atomic E-state index is 12.9. The van der Waals surface area contributed by atoms with Crippen LogP contribution >= 0.6 is 11.6 Å². The van der Waals surface area contributed by atoms with Gasteiger partial charge in [0.1, 0.15) is 11.9 Å². The van der Waals surface area contributed by atoms with Gasteiger partial charge in [0, 0.05) is 38.9 Å². The molecular weight excluding hydrogens is 344 g/mol. The molecule has 2 aliphatic rings. The molecule has 136 valence electrons. The first-order valence-corrected chi connectivity index (χ1v) is 8.98. The number of pyridine rings is 1. The van der Waals surface area contributed by atoms with Crippen LogP contribution < -0.4 is 4.90 Å². The number of ether oxygens (including phenoxy) is 1.